The number of aromatic nitrogens is 1. The second-order valence-corrected chi connectivity index (χ2v) is 3.24. The van der Waals surface area contributed by atoms with Crippen LogP contribution >= 0.6 is 0 Å². The van der Waals surface area contributed by atoms with Crippen molar-refractivity contribution in [3.8, 4) is 0 Å². The molecule has 2 heteroatoms. The summed E-state index contributed by atoms with van der Waals surface area (Å²) in [5.74, 6) is 1.09. The Morgan fingerprint density at radius 2 is 1.77 bits per heavy atom. The molecule has 0 unspecified atom stereocenters. The van der Waals surface area contributed by atoms with E-state index >= 15 is 0 Å². The quantitative estimate of drug-likeness (QED) is 0.707. The monoisotopic (exact) mass is 178 g/mol. The van der Waals surface area contributed by atoms with Crippen molar-refractivity contribution in [2.24, 2.45) is 0 Å². The lowest BCUT2D eigenvalue weighted by Gasteiger charge is -2.20. The molecule has 0 saturated heterocycles. The molecular weight excluding hydrogens is 160 g/mol. The average molecular weight is 178 g/mol. The van der Waals surface area contributed by atoms with Gasteiger partial charge in [-0.25, -0.2) is 4.98 Å². The molecule has 0 atom stereocenters. The minimum absolute atomic E-state index is 1.02. The summed E-state index contributed by atoms with van der Waals surface area (Å²) >= 11 is 0. The van der Waals surface area contributed by atoms with Crippen LogP contribution in [-0.4, -0.2) is 18.1 Å². The van der Waals surface area contributed by atoms with E-state index in [2.05, 4.69) is 49.7 Å². The summed E-state index contributed by atoms with van der Waals surface area (Å²) in [5.41, 5.74) is 2.39. The molecule has 0 aliphatic carbocycles. The van der Waals surface area contributed by atoms with Crippen LogP contribution in [-0.2, 0) is 0 Å². The van der Waals surface area contributed by atoms with Crippen LogP contribution in [0.4, 0.5) is 5.82 Å². The Hall–Kier alpha value is -1.05. The van der Waals surface area contributed by atoms with Gasteiger partial charge in [-0.2, -0.15) is 0 Å². The van der Waals surface area contributed by atoms with Gasteiger partial charge >= 0.3 is 0 Å². The summed E-state index contributed by atoms with van der Waals surface area (Å²) < 4.78 is 0. The highest BCUT2D eigenvalue weighted by atomic mass is 15.2. The Kier molecular flexibility index (Phi) is 3.29. The molecule has 0 saturated carbocycles. The van der Waals surface area contributed by atoms with Gasteiger partial charge in [-0.3, -0.25) is 0 Å². The molecule has 0 fully saturated rings. The lowest BCUT2D eigenvalue weighted by molar-refractivity contribution is 0.841. The molecule has 0 amide bonds. The first-order valence-electron chi connectivity index (χ1n) is 4.88. The van der Waals surface area contributed by atoms with Gasteiger partial charge in [0.05, 0.1) is 0 Å². The van der Waals surface area contributed by atoms with E-state index < -0.39 is 0 Å². The first-order chi connectivity index (χ1) is 6.19. The number of pyridine rings is 1. The van der Waals surface area contributed by atoms with E-state index in [1.165, 1.54) is 5.56 Å². The first kappa shape index (κ1) is 10.0. The molecule has 13 heavy (non-hydrogen) atoms. The molecule has 0 aliphatic heterocycles. The molecule has 1 rings (SSSR count). The Morgan fingerprint density at radius 1 is 1.15 bits per heavy atom. The number of hydrogen-bond donors (Lipinski definition) is 0. The zero-order valence-corrected chi connectivity index (χ0v) is 8.96. The fourth-order valence-electron chi connectivity index (χ4n) is 1.34. The third kappa shape index (κ3) is 2.20. The number of aryl methyl sites for hydroxylation is 2. The molecule has 1 aromatic heterocycles. The maximum atomic E-state index is 4.54. The van der Waals surface area contributed by atoms with Crippen molar-refractivity contribution in [2.45, 2.75) is 27.7 Å². The van der Waals surface area contributed by atoms with Gasteiger partial charge in [-0.15, -0.1) is 0 Å². The van der Waals surface area contributed by atoms with Crippen molar-refractivity contribution in [1.29, 1.82) is 0 Å². The average Bonchev–Trinajstić information content (AvgIpc) is 2.13. The molecule has 0 N–H and O–H groups in total. The molecule has 0 spiro atoms. The first-order valence-corrected chi connectivity index (χ1v) is 4.88. The third-order valence-corrected chi connectivity index (χ3v) is 2.42. The SMILES string of the molecule is CCN(CC)c1ccc(C)c(C)n1. The van der Waals surface area contributed by atoms with E-state index in [1.807, 2.05) is 0 Å². The van der Waals surface area contributed by atoms with Crippen LogP contribution in [0.15, 0.2) is 12.1 Å². The largest absolute Gasteiger partial charge is 0.357 e. The van der Waals surface area contributed by atoms with Crippen molar-refractivity contribution in [3.05, 3.63) is 23.4 Å². The summed E-state index contributed by atoms with van der Waals surface area (Å²) in [7, 11) is 0. The maximum absolute atomic E-state index is 4.54. The Labute approximate surface area is 80.6 Å². The molecular formula is C11H18N2. The van der Waals surface area contributed by atoms with Gasteiger partial charge in [-0.05, 0) is 39.3 Å². The van der Waals surface area contributed by atoms with E-state index in [4.69, 9.17) is 0 Å². The van der Waals surface area contributed by atoms with E-state index in [1.54, 1.807) is 0 Å². The van der Waals surface area contributed by atoms with Crippen LogP contribution in [0, 0.1) is 13.8 Å². The summed E-state index contributed by atoms with van der Waals surface area (Å²) in [6, 6.07) is 4.23. The minimum Gasteiger partial charge on any atom is -0.357 e. The zero-order chi connectivity index (χ0) is 9.84. The topological polar surface area (TPSA) is 16.1 Å². The lowest BCUT2D eigenvalue weighted by atomic mass is 10.2. The maximum Gasteiger partial charge on any atom is 0.128 e. The molecule has 1 heterocycles. The standard InChI is InChI=1S/C11H18N2/c1-5-13(6-2)11-8-7-9(3)10(4)12-11/h7-8H,5-6H2,1-4H3. The number of anilines is 1. The summed E-state index contributed by atoms with van der Waals surface area (Å²) in [5, 5.41) is 0. The molecule has 2 nitrogen and oxygen atoms in total. The van der Waals surface area contributed by atoms with E-state index in [9.17, 15) is 0 Å². The fourth-order valence-corrected chi connectivity index (χ4v) is 1.34. The second-order valence-electron chi connectivity index (χ2n) is 3.24. The van der Waals surface area contributed by atoms with Crippen molar-refractivity contribution in [2.75, 3.05) is 18.0 Å². The van der Waals surface area contributed by atoms with Gasteiger partial charge < -0.3 is 4.90 Å². The van der Waals surface area contributed by atoms with Gasteiger partial charge in [0.1, 0.15) is 5.82 Å². The second kappa shape index (κ2) is 4.26. The van der Waals surface area contributed by atoms with Gasteiger partial charge in [0.2, 0.25) is 0 Å². The van der Waals surface area contributed by atoms with Crippen LogP contribution in [0.5, 0.6) is 0 Å². The smallest absolute Gasteiger partial charge is 0.128 e. The van der Waals surface area contributed by atoms with Crippen molar-refractivity contribution < 1.29 is 0 Å². The molecule has 72 valence electrons. The Bertz CT molecular complexity index is 277. The predicted molar refractivity (Wildman–Crippen MR) is 57.3 cm³/mol. The third-order valence-electron chi connectivity index (χ3n) is 2.42. The summed E-state index contributed by atoms with van der Waals surface area (Å²) in [4.78, 5) is 6.80. The van der Waals surface area contributed by atoms with Crippen molar-refractivity contribution in [3.63, 3.8) is 0 Å². The van der Waals surface area contributed by atoms with Gasteiger partial charge in [-0.1, -0.05) is 6.07 Å². The van der Waals surface area contributed by atoms with Crippen molar-refractivity contribution >= 4 is 5.82 Å². The molecule has 1 aromatic rings. The van der Waals surface area contributed by atoms with Crippen LogP contribution in [0.25, 0.3) is 0 Å². The highest BCUT2D eigenvalue weighted by Gasteiger charge is 2.03. The normalized spacial score (nSPS) is 10.2. The van der Waals surface area contributed by atoms with Gasteiger partial charge in [0.25, 0.3) is 0 Å². The van der Waals surface area contributed by atoms with Crippen LogP contribution in [0.3, 0.4) is 0 Å². The van der Waals surface area contributed by atoms with E-state index in [0.29, 0.717) is 0 Å². The Morgan fingerprint density at radius 3 is 2.23 bits per heavy atom. The van der Waals surface area contributed by atoms with Gasteiger partial charge in [0.15, 0.2) is 0 Å². The minimum atomic E-state index is 1.02. The highest BCUT2D eigenvalue weighted by molar-refractivity contribution is 5.40. The molecule has 0 bridgehead atoms. The molecule has 0 radical (unpaired) electrons. The molecule has 0 aliphatic rings. The van der Waals surface area contributed by atoms with Crippen LogP contribution in [0.2, 0.25) is 0 Å². The lowest BCUT2D eigenvalue weighted by Crippen LogP contribution is -2.23. The number of rotatable bonds is 3. The fraction of sp³-hybridized carbons (Fsp3) is 0.545. The number of hydrogen-bond acceptors (Lipinski definition) is 2. The van der Waals surface area contributed by atoms with Gasteiger partial charge in [0, 0.05) is 18.8 Å². The highest BCUT2D eigenvalue weighted by Crippen LogP contribution is 2.13. The van der Waals surface area contributed by atoms with Crippen molar-refractivity contribution in [1.82, 2.24) is 4.98 Å². The Balaban J connectivity index is 2.95. The number of nitrogens with zero attached hydrogens (tertiary/aromatic N) is 2. The predicted octanol–water partition coefficient (Wildman–Crippen LogP) is 2.54. The van der Waals surface area contributed by atoms with Crippen LogP contribution < -0.4 is 4.90 Å². The van der Waals surface area contributed by atoms with E-state index in [0.717, 1.165) is 24.6 Å². The molecule has 0 aromatic carbocycles. The summed E-state index contributed by atoms with van der Waals surface area (Å²) in [6.07, 6.45) is 0. The van der Waals surface area contributed by atoms with Crippen LogP contribution in [0.1, 0.15) is 25.1 Å². The zero-order valence-electron chi connectivity index (χ0n) is 8.96. The summed E-state index contributed by atoms with van der Waals surface area (Å²) in [6.45, 7) is 10.5. The van der Waals surface area contributed by atoms with E-state index in [-0.39, 0.29) is 0 Å².